The van der Waals surface area contributed by atoms with Crippen molar-refractivity contribution in [2.75, 3.05) is 20.3 Å². The molecule has 0 aromatic heterocycles. The SMILES string of the molecule is CCCOc1ccc(OC(=O)/C=C/c2ccc(OCC#N)c(OC)c2)cc1. The molecule has 2 aromatic rings. The first-order valence-corrected chi connectivity index (χ1v) is 8.46. The molecule has 6 nitrogen and oxygen atoms in total. The fourth-order valence-corrected chi connectivity index (χ4v) is 2.16. The molecule has 140 valence electrons. The Kier molecular flexibility index (Phi) is 7.73. The molecule has 0 aliphatic rings. The molecule has 0 saturated carbocycles. The maximum absolute atomic E-state index is 12.0. The summed E-state index contributed by atoms with van der Waals surface area (Å²) in [6.07, 6.45) is 3.86. The van der Waals surface area contributed by atoms with Crippen molar-refractivity contribution < 1.29 is 23.7 Å². The van der Waals surface area contributed by atoms with Gasteiger partial charge in [0.05, 0.1) is 13.7 Å². The van der Waals surface area contributed by atoms with E-state index in [9.17, 15) is 4.79 Å². The number of hydrogen-bond acceptors (Lipinski definition) is 6. The van der Waals surface area contributed by atoms with Crippen LogP contribution in [0.3, 0.4) is 0 Å². The molecule has 0 N–H and O–H groups in total. The topological polar surface area (TPSA) is 77.8 Å². The molecule has 27 heavy (non-hydrogen) atoms. The maximum atomic E-state index is 12.0. The summed E-state index contributed by atoms with van der Waals surface area (Å²) in [5.74, 6) is 1.61. The van der Waals surface area contributed by atoms with Crippen LogP contribution in [0.25, 0.3) is 6.08 Å². The van der Waals surface area contributed by atoms with E-state index in [-0.39, 0.29) is 6.61 Å². The van der Waals surface area contributed by atoms with Gasteiger partial charge in [0.25, 0.3) is 0 Å². The minimum Gasteiger partial charge on any atom is -0.494 e. The largest absolute Gasteiger partial charge is 0.494 e. The van der Waals surface area contributed by atoms with E-state index in [0.717, 1.165) is 17.7 Å². The number of ether oxygens (including phenoxy) is 4. The van der Waals surface area contributed by atoms with Gasteiger partial charge in [-0.1, -0.05) is 13.0 Å². The quantitative estimate of drug-likeness (QED) is 0.379. The Morgan fingerprint density at radius 3 is 2.48 bits per heavy atom. The van der Waals surface area contributed by atoms with Crippen LogP contribution in [0.15, 0.2) is 48.5 Å². The summed E-state index contributed by atoms with van der Waals surface area (Å²) in [4.78, 5) is 12.0. The smallest absolute Gasteiger partial charge is 0.336 e. The van der Waals surface area contributed by atoms with Crippen molar-refractivity contribution in [3.8, 4) is 29.1 Å². The molecule has 0 spiro atoms. The second kappa shape index (κ2) is 10.5. The Hall–Kier alpha value is -3.46. The molecule has 0 unspecified atom stereocenters. The number of carbonyl (C=O) groups is 1. The third-order valence-electron chi connectivity index (χ3n) is 3.41. The molecular weight excluding hydrogens is 346 g/mol. The summed E-state index contributed by atoms with van der Waals surface area (Å²) in [5, 5.41) is 8.58. The van der Waals surface area contributed by atoms with Gasteiger partial charge in [0.2, 0.25) is 0 Å². The van der Waals surface area contributed by atoms with E-state index in [1.54, 1.807) is 48.5 Å². The lowest BCUT2D eigenvalue weighted by Gasteiger charge is -2.08. The van der Waals surface area contributed by atoms with E-state index in [1.807, 2.05) is 13.0 Å². The summed E-state index contributed by atoms with van der Waals surface area (Å²) >= 11 is 0. The van der Waals surface area contributed by atoms with Crippen molar-refractivity contribution >= 4 is 12.0 Å². The van der Waals surface area contributed by atoms with Gasteiger partial charge in [-0.05, 0) is 54.5 Å². The number of nitriles is 1. The normalized spacial score (nSPS) is 10.3. The van der Waals surface area contributed by atoms with Crippen LogP contribution in [0, 0.1) is 11.3 Å². The number of rotatable bonds is 9. The minimum atomic E-state index is -0.499. The lowest BCUT2D eigenvalue weighted by atomic mass is 10.2. The van der Waals surface area contributed by atoms with Crippen LogP contribution in [0.1, 0.15) is 18.9 Å². The Morgan fingerprint density at radius 2 is 1.81 bits per heavy atom. The van der Waals surface area contributed by atoms with E-state index in [0.29, 0.717) is 23.9 Å². The molecule has 6 heteroatoms. The van der Waals surface area contributed by atoms with Crippen molar-refractivity contribution in [1.82, 2.24) is 0 Å². The van der Waals surface area contributed by atoms with Crippen molar-refractivity contribution in [1.29, 1.82) is 5.26 Å². The molecule has 0 fully saturated rings. The summed E-state index contributed by atoms with van der Waals surface area (Å²) in [5.41, 5.74) is 0.733. The summed E-state index contributed by atoms with van der Waals surface area (Å²) < 4.78 is 21.2. The zero-order valence-electron chi connectivity index (χ0n) is 15.3. The fourth-order valence-electron chi connectivity index (χ4n) is 2.16. The number of carbonyl (C=O) groups excluding carboxylic acids is 1. The van der Waals surface area contributed by atoms with Crippen LogP contribution < -0.4 is 18.9 Å². The Bertz CT molecular complexity index is 821. The number of nitrogens with zero attached hydrogens (tertiary/aromatic N) is 1. The molecular formula is C21H21NO5. The van der Waals surface area contributed by atoms with Crippen molar-refractivity contribution in [2.45, 2.75) is 13.3 Å². The van der Waals surface area contributed by atoms with Crippen molar-refractivity contribution in [3.63, 3.8) is 0 Å². The van der Waals surface area contributed by atoms with E-state index in [2.05, 4.69) is 0 Å². The van der Waals surface area contributed by atoms with E-state index in [4.69, 9.17) is 24.2 Å². The molecule has 0 amide bonds. The molecule has 0 bridgehead atoms. The monoisotopic (exact) mass is 367 g/mol. The first-order chi connectivity index (χ1) is 13.2. The fraction of sp³-hybridized carbons (Fsp3) is 0.238. The van der Waals surface area contributed by atoms with E-state index < -0.39 is 5.97 Å². The van der Waals surface area contributed by atoms with Crippen LogP contribution in [0.2, 0.25) is 0 Å². The average Bonchev–Trinajstić information content (AvgIpc) is 2.70. The van der Waals surface area contributed by atoms with Gasteiger partial charge in [0.1, 0.15) is 17.6 Å². The highest BCUT2D eigenvalue weighted by molar-refractivity contribution is 5.88. The highest BCUT2D eigenvalue weighted by atomic mass is 16.5. The number of hydrogen-bond donors (Lipinski definition) is 0. The molecule has 0 saturated heterocycles. The highest BCUT2D eigenvalue weighted by Gasteiger charge is 2.06. The highest BCUT2D eigenvalue weighted by Crippen LogP contribution is 2.28. The van der Waals surface area contributed by atoms with Gasteiger partial charge >= 0.3 is 5.97 Å². The molecule has 0 aliphatic carbocycles. The summed E-state index contributed by atoms with van der Waals surface area (Å²) in [7, 11) is 1.50. The summed E-state index contributed by atoms with van der Waals surface area (Å²) in [6, 6.07) is 13.9. The zero-order chi connectivity index (χ0) is 19.5. The lowest BCUT2D eigenvalue weighted by Crippen LogP contribution is -2.03. The van der Waals surface area contributed by atoms with Gasteiger partial charge < -0.3 is 18.9 Å². The lowest BCUT2D eigenvalue weighted by molar-refractivity contribution is -0.128. The van der Waals surface area contributed by atoms with Crippen LogP contribution in [0.4, 0.5) is 0 Å². The van der Waals surface area contributed by atoms with Gasteiger partial charge in [-0.25, -0.2) is 4.79 Å². The van der Waals surface area contributed by atoms with Gasteiger partial charge in [-0.2, -0.15) is 5.26 Å². The first kappa shape index (κ1) is 19.9. The predicted molar refractivity (Wildman–Crippen MR) is 101 cm³/mol. The molecule has 2 rings (SSSR count). The third kappa shape index (κ3) is 6.40. The van der Waals surface area contributed by atoms with Crippen molar-refractivity contribution in [3.05, 3.63) is 54.1 Å². The second-order valence-electron chi connectivity index (χ2n) is 5.43. The number of benzene rings is 2. The van der Waals surface area contributed by atoms with E-state index >= 15 is 0 Å². The zero-order valence-corrected chi connectivity index (χ0v) is 15.3. The molecule has 0 heterocycles. The van der Waals surface area contributed by atoms with Crippen LogP contribution >= 0.6 is 0 Å². The van der Waals surface area contributed by atoms with Gasteiger partial charge in [-0.15, -0.1) is 0 Å². The minimum absolute atomic E-state index is 0.0693. The van der Waals surface area contributed by atoms with Crippen LogP contribution in [-0.2, 0) is 4.79 Å². The predicted octanol–water partition coefficient (Wildman–Crippen LogP) is 4.01. The molecule has 0 atom stereocenters. The van der Waals surface area contributed by atoms with Gasteiger partial charge in [0, 0.05) is 6.08 Å². The Morgan fingerprint density at radius 1 is 1.07 bits per heavy atom. The molecule has 0 aliphatic heterocycles. The molecule has 2 aromatic carbocycles. The Labute approximate surface area is 158 Å². The van der Waals surface area contributed by atoms with Crippen LogP contribution in [-0.4, -0.2) is 26.3 Å². The average molecular weight is 367 g/mol. The first-order valence-electron chi connectivity index (χ1n) is 8.46. The Balaban J connectivity index is 1.96. The van der Waals surface area contributed by atoms with Crippen molar-refractivity contribution in [2.24, 2.45) is 0 Å². The number of methoxy groups -OCH3 is 1. The summed E-state index contributed by atoms with van der Waals surface area (Å²) in [6.45, 7) is 2.61. The van der Waals surface area contributed by atoms with E-state index in [1.165, 1.54) is 13.2 Å². The molecule has 0 radical (unpaired) electrons. The number of esters is 1. The standard InChI is InChI=1S/C21H21NO5/c1-3-13-25-17-6-8-18(9-7-17)27-21(23)11-5-16-4-10-19(26-14-12-22)20(15-16)24-2/h4-11,15H,3,13-14H2,1-2H3/b11-5+. The van der Waals surface area contributed by atoms with Gasteiger partial charge in [0.15, 0.2) is 18.1 Å². The second-order valence-corrected chi connectivity index (χ2v) is 5.43. The third-order valence-corrected chi connectivity index (χ3v) is 3.41. The van der Waals surface area contributed by atoms with Gasteiger partial charge in [-0.3, -0.25) is 0 Å². The maximum Gasteiger partial charge on any atom is 0.336 e. The van der Waals surface area contributed by atoms with Crippen LogP contribution in [0.5, 0.6) is 23.0 Å².